The summed E-state index contributed by atoms with van der Waals surface area (Å²) in [5, 5.41) is 5.55. The lowest BCUT2D eigenvalue weighted by molar-refractivity contribution is 0.238. The molecule has 100 valence electrons. The second-order valence-electron chi connectivity index (χ2n) is 3.79. The minimum atomic E-state index is -0.0892. The number of hydrogen-bond donors (Lipinski definition) is 2. The molecule has 7 heteroatoms. The second kappa shape index (κ2) is 12.8. The number of carbonyl (C=O) groups excluding carboxylic acids is 1. The number of nitrogens with one attached hydrogen (secondary N) is 2. The van der Waals surface area contributed by atoms with Gasteiger partial charge >= 0.3 is 6.03 Å². The van der Waals surface area contributed by atoms with Gasteiger partial charge in [0.1, 0.15) is 0 Å². The minimum Gasteiger partial charge on any atom is -0.337 e. The van der Waals surface area contributed by atoms with Gasteiger partial charge in [-0.05, 0) is 28.2 Å². The van der Waals surface area contributed by atoms with Crippen LogP contribution in [0.5, 0.6) is 0 Å². The zero-order chi connectivity index (χ0) is 11.0. The Bertz CT molecular complexity index is 152. The van der Waals surface area contributed by atoms with Crippen LogP contribution in [0.2, 0.25) is 0 Å². The number of nitrogens with zero attached hydrogens (tertiary/aromatic N) is 2. The molecule has 0 heterocycles. The number of hydrogen-bond acceptors (Lipinski definition) is 3. The number of likely N-dealkylation sites (N-methyl/N-ethyl adjacent to an activating group) is 2. The summed E-state index contributed by atoms with van der Waals surface area (Å²) in [6, 6.07) is -0.0892. The first kappa shape index (κ1) is 21.1. The molecule has 0 aromatic rings. The van der Waals surface area contributed by atoms with Crippen molar-refractivity contribution in [2.24, 2.45) is 0 Å². The average molecular weight is 275 g/mol. The van der Waals surface area contributed by atoms with Crippen LogP contribution in [0, 0.1) is 0 Å². The molecule has 0 atom stereocenters. The fraction of sp³-hybridized carbons (Fsp3) is 0.889. The Morgan fingerprint density at radius 1 is 0.875 bits per heavy atom. The standard InChI is InChI=1S/C9H22N4O.2ClH/c1-12(2)7-5-10-9(14)11-6-8-13(3)4;;/h5-8H2,1-4H3,(H2,10,11,14);2*1H. The molecule has 0 saturated heterocycles. The van der Waals surface area contributed by atoms with Gasteiger partial charge in [-0.15, -0.1) is 24.8 Å². The van der Waals surface area contributed by atoms with Crippen molar-refractivity contribution in [2.45, 2.75) is 0 Å². The SMILES string of the molecule is CN(C)CCNC(=O)NCCN(C)C.Cl.Cl. The molecule has 16 heavy (non-hydrogen) atoms. The van der Waals surface area contributed by atoms with Gasteiger partial charge in [0, 0.05) is 26.2 Å². The molecule has 0 aromatic heterocycles. The Morgan fingerprint density at radius 2 is 1.19 bits per heavy atom. The molecule has 0 aliphatic rings. The average Bonchev–Trinajstić information content (AvgIpc) is 2.02. The minimum absolute atomic E-state index is 0. The Labute approximate surface area is 111 Å². The third-order valence-electron chi connectivity index (χ3n) is 1.69. The van der Waals surface area contributed by atoms with E-state index in [9.17, 15) is 4.79 Å². The van der Waals surface area contributed by atoms with Crippen molar-refractivity contribution in [3.63, 3.8) is 0 Å². The smallest absolute Gasteiger partial charge is 0.314 e. The molecule has 0 aromatic carbocycles. The van der Waals surface area contributed by atoms with E-state index in [0.717, 1.165) is 13.1 Å². The third kappa shape index (κ3) is 16.2. The Morgan fingerprint density at radius 3 is 1.44 bits per heavy atom. The summed E-state index contributed by atoms with van der Waals surface area (Å²) in [4.78, 5) is 15.2. The number of urea groups is 1. The van der Waals surface area contributed by atoms with E-state index in [0.29, 0.717) is 13.1 Å². The van der Waals surface area contributed by atoms with E-state index in [1.807, 2.05) is 38.0 Å². The first-order valence-corrected chi connectivity index (χ1v) is 4.83. The van der Waals surface area contributed by atoms with E-state index in [2.05, 4.69) is 10.6 Å². The number of halogens is 2. The van der Waals surface area contributed by atoms with Gasteiger partial charge in [-0.1, -0.05) is 0 Å². The maximum atomic E-state index is 11.1. The van der Waals surface area contributed by atoms with Crippen LogP contribution in [0.15, 0.2) is 0 Å². The third-order valence-corrected chi connectivity index (χ3v) is 1.69. The van der Waals surface area contributed by atoms with Crippen LogP contribution in [-0.2, 0) is 0 Å². The summed E-state index contributed by atoms with van der Waals surface area (Å²) in [5.41, 5.74) is 0. The monoisotopic (exact) mass is 274 g/mol. The van der Waals surface area contributed by atoms with Crippen LogP contribution in [0.1, 0.15) is 0 Å². The van der Waals surface area contributed by atoms with Gasteiger partial charge in [-0.2, -0.15) is 0 Å². The molecular formula is C9H24Cl2N4O. The summed E-state index contributed by atoms with van der Waals surface area (Å²) >= 11 is 0. The highest BCUT2D eigenvalue weighted by Gasteiger charge is 1.98. The van der Waals surface area contributed by atoms with Crippen molar-refractivity contribution < 1.29 is 4.79 Å². The van der Waals surface area contributed by atoms with E-state index in [1.54, 1.807) is 0 Å². The van der Waals surface area contributed by atoms with Gasteiger partial charge in [-0.25, -0.2) is 4.79 Å². The molecule has 0 unspecified atom stereocenters. The maximum absolute atomic E-state index is 11.1. The first-order chi connectivity index (χ1) is 6.52. The molecular weight excluding hydrogens is 251 g/mol. The summed E-state index contributed by atoms with van der Waals surface area (Å²) in [5.74, 6) is 0. The molecule has 2 N–H and O–H groups in total. The quantitative estimate of drug-likeness (QED) is 0.730. The Balaban J connectivity index is -0.000000845. The highest BCUT2D eigenvalue weighted by atomic mass is 35.5. The van der Waals surface area contributed by atoms with Crippen molar-refractivity contribution in [3.05, 3.63) is 0 Å². The lowest BCUT2D eigenvalue weighted by atomic mass is 10.5. The zero-order valence-electron chi connectivity index (χ0n) is 10.4. The van der Waals surface area contributed by atoms with E-state index < -0.39 is 0 Å². The van der Waals surface area contributed by atoms with Crippen LogP contribution in [-0.4, -0.2) is 70.2 Å². The maximum Gasteiger partial charge on any atom is 0.314 e. The zero-order valence-corrected chi connectivity index (χ0v) is 12.1. The molecule has 0 saturated carbocycles. The summed E-state index contributed by atoms with van der Waals surface area (Å²) in [6.07, 6.45) is 0. The first-order valence-electron chi connectivity index (χ1n) is 4.83. The lowest BCUT2D eigenvalue weighted by Crippen LogP contribution is -2.41. The number of amides is 2. The Kier molecular flexibility index (Phi) is 16.9. The highest BCUT2D eigenvalue weighted by Crippen LogP contribution is 1.73. The van der Waals surface area contributed by atoms with Gasteiger partial charge in [0.2, 0.25) is 0 Å². The van der Waals surface area contributed by atoms with Crippen molar-refractivity contribution >= 4 is 30.8 Å². The molecule has 0 aliphatic carbocycles. The van der Waals surface area contributed by atoms with E-state index in [4.69, 9.17) is 0 Å². The van der Waals surface area contributed by atoms with Crippen LogP contribution in [0.3, 0.4) is 0 Å². The lowest BCUT2D eigenvalue weighted by Gasteiger charge is -2.12. The van der Waals surface area contributed by atoms with Crippen LogP contribution in [0.25, 0.3) is 0 Å². The van der Waals surface area contributed by atoms with E-state index >= 15 is 0 Å². The molecule has 0 aliphatic heterocycles. The number of rotatable bonds is 6. The van der Waals surface area contributed by atoms with Gasteiger partial charge in [0.05, 0.1) is 0 Å². The van der Waals surface area contributed by atoms with Gasteiger partial charge in [0.25, 0.3) is 0 Å². The van der Waals surface area contributed by atoms with Crippen molar-refractivity contribution in [1.82, 2.24) is 20.4 Å². The summed E-state index contributed by atoms with van der Waals surface area (Å²) < 4.78 is 0. The fourth-order valence-electron chi connectivity index (χ4n) is 0.849. The van der Waals surface area contributed by atoms with E-state index in [1.165, 1.54) is 0 Å². The molecule has 0 radical (unpaired) electrons. The predicted octanol–water partition coefficient (Wildman–Crippen LogP) is 0.252. The van der Waals surface area contributed by atoms with Gasteiger partial charge in [0.15, 0.2) is 0 Å². The summed E-state index contributed by atoms with van der Waals surface area (Å²) in [7, 11) is 7.91. The molecule has 0 bridgehead atoms. The normalized spacial score (nSPS) is 9.38. The number of carbonyl (C=O) groups is 1. The predicted molar refractivity (Wildman–Crippen MR) is 73.0 cm³/mol. The van der Waals surface area contributed by atoms with Crippen molar-refractivity contribution in [2.75, 3.05) is 54.4 Å². The van der Waals surface area contributed by atoms with Crippen LogP contribution >= 0.6 is 24.8 Å². The van der Waals surface area contributed by atoms with Gasteiger partial charge in [-0.3, -0.25) is 0 Å². The topological polar surface area (TPSA) is 47.6 Å². The fourth-order valence-corrected chi connectivity index (χ4v) is 0.849. The van der Waals surface area contributed by atoms with Crippen molar-refractivity contribution in [1.29, 1.82) is 0 Å². The molecule has 0 rings (SSSR count). The second-order valence-corrected chi connectivity index (χ2v) is 3.79. The largest absolute Gasteiger partial charge is 0.337 e. The highest BCUT2D eigenvalue weighted by molar-refractivity contribution is 5.85. The van der Waals surface area contributed by atoms with Gasteiger partial charge < -0.3 is 20.4 Å². The molecule has 0 spiro atoms. The molecule has 0 fully saturated rings. The van der Waals surface area contributed by atoms with E-state index in [-0.39, 0.29) is 30.8 Å². The van der Waals surface area contributed by atoms with Crippen molar-refractivity contribution in [3.8, 4) is 0 Å². The Hall–Kier alpha value is -0.230. The van der Waals surface area contributed by atoms with Crippen LogP contribution in [0.4, 0.5) is 4.79 Å². The molecule has 2 amide bonds. The molecule has 5 nitrogen and oxygen atoms in total. The summed E-state index contributed by atoms with van der Waals surface area (Å²) in [6.45, 7) is 3.09. The van der Waals surface area contributed by atoms with Crippen LogP contribution < -0.4 is 10.6 Å².